The lowest BCUT2D eigenvalue weighted by molar-refractivity contribution is -0.135. The summed E-state index contributed by atoms with van der Waals surface area (Å²) in [4.78, 5) is 48.4. The van der Waals surface area contributed by atoms with Crippen LogP contribution in [0.1, 0.15) is 34.3 Å². The second-order valence-corrected chi connectivity index (χ2v) is 12.7. The minimum Gasteiger partial charge on any atom is -0.436 e. The smallest absolute Gasteiger partial charge is 0.412 e. The fourth-order valence-corrected chi connectivity index (χ4v) is 7.52. The van der Waals surface area contributed by atoms with E-state index in [0.29, 0.717) is 47.3 Å². The molecule has 42 heavy (non-hydrogen) atoms. The van der Waals surface area contributed by atoms with Gasteiger partial charge in [-0.25, -0.2) is 9.78 Å². The number of halogens is 1. The van der Waals surface area contributed by atoms with Gasteiger partial charge >= 0.3 is 6.09 Å². The summed E-state index contributed by atoms with van der Waals surface area (Å²) in [5, 5.41) is 3.70. The average Bonchev–Trinajstić information content (AvgIpc) is 3.69. The van der Waals surface area contributed by atoms with E-state index in [0.717, 1.165) is 22.2 Å². The maximum absolute atomic E-state index is 14.2. The van der Waals surface area contributed by atoms with Crippen molar-refractivity contribution in [1.82, 2.24) is 14.8 Å². The number of ether oxygens (including phenoxy) is 1. The van der Waals surface area contributed by atoms with Crippen molar-refractivity contribution < 1.29 is 19.1 Å². The minimum atomic E-state index is -0.994. The molecule has 3 aromatic carbocycles. The molecule has 2 fully saturated rings. The number of nitrogens with one attached hydrogen (secondary N) is 1. The van der Waals surface area contributed by atoms with Crippen molar-refractivity contribution in [3.63, 3.8) is 0 Å². The molecule has 0 unspecified atom stereocenters. The summed E-state index contributed by atoms with van der Waals surface area (Å²) in [7, 11) is 0. The quantitative estimate of drug-likeness (QED) is 0.328. The second kappa shape index (κ2) is 10.3. The molecule has 0 bridgehead atoms. The minimum absolute atomic E-state index is 0.112. The molecule has 3 N–H and O–H groups in total. The lowest BCUT2D eigenvalue weighted by Crippen LogP contribution is -2.49. The van der Waals surface area contributed by atoms with Gasteiger partial charge in [-0.15, -0.1) is 0 Å². The normalized spacial score (nSPS) is 23.2. The Morgan fingerprint density at radius 2 is 1.98 bits per heavy atom. The SMILES string of the molecule is Nc1nc2ccc(C(=O)N3C[C@H](Cc4ccccc4)C[C@H]3C(=O)N3CC[C@@]4(C3)OC(=O)Nc3ccc(Cl)cc34)cc2s1. The third kappa shape index (κ3) is 4.74. The van der Waals surface area contributed by atoms with Crippen LogP contribution in [0.15, 0.2) is 66.7 Å². The number of thiazole rings is 1. The standard InChI is InChI=1S/C31H28ClN5O4S/c32-21-7-9-23-22(15-21)31(41-30(40)35-23)10-11-36(17-31)28(39)25-13-19(12-18-4-2-1-3-5-18)16-37(25)27(38)20-6-8-24-26(14-20)42-29(33)34-24/h1-9,14-15,19,25H,10-13,16-17H2,(H2,33,34)(H,35,40)/t19-,25+,31+/m1/s1. The number of aromatic nitrogens is 1. The van der Waals surface area contributed by atoms with Gasteiger partial charge in [-0.2, -0.15) is 0 Å². The number of anilines is 2. The number of rotatable bonds is 4. The van der Waals surface area contributed by atoms with E-state index in [-0.39, 0.29) is 24.3 Å². The van der Waals surface area contributed by atoms with E-state index in [2.05, 4.69) is 22.4 Å². The molecule has 4 aromatic rings. The fourth-order valence-electron chi connectivity index (χ4n) is 6.57. The molecule has 2 saturated heterocycles. The summed E-state index contributed by atoms with van der Waals surface area (Å²) in [6.45, 7) is 1.05. The first-order chi connectivity index (χ1) is 20.3. The number of fused-ring (bicyclic) bond motifs is 3. The molecule has 11 heteroatoms. The van der Waals surface area contributed by atoms with Crippen molar-refractivity contribution in [2.75, 3.05) is 30.7 Å². The summed E-state index contributed by atoms with van der Waals surface area (Å²) < 4.78 is 6.67. The van der Waals surface area contributed by atoms with Crippen molar-refractivity contribution in [2.45, 2.75) is 30.9 Å². The first-order valence-electron chi connectivity index (χ1n) is 13.9. The molecule has 0 radical (unpaired) electrons. The van der Waals surface area contributed by atoms with E-state index >= 15 is 0 Å². The number of benzene rings is 3. The highest BCUT2D eigenvalue weighted by Crippen LogP contribution is 2.44. The average molecular weight is 602 g/mol. The molecule has 3 aliphatic rings. The molecular weight excluding hydrogens is 574 g/mol. The van der Waals surface area contributed by atoms with Crippen LogP contribution in [-0.2, 0) is 21.6 Å². The summed E-state index contributed by atoms with van der Waals surface area (Å²) in [6.07, 6.45) is 1.19. The Balaban J connectivity index is 1.18. The van der Waals surface area contributed by atoms with Crippen LogP contribution in [0, 0.1) is 5.92 Å². The Kier molecular flexibility index (Phi) is 6.55. The number of nitrogens with two attached hydrogens (primary N) is 1. The van der Waals surface area contributed by atoms with Crippen LogP contribution >= 0.6 is 22.9 Å². The van der Waals surface area contributed by atoms with Gasteiger partial charge in [0.1, 0.15) is 6.04 Å². The first kappa shape index (κ1) is 26.7. The summed E-state index contributed by atoms with van der Waals surface area (Å²) in [6, 6.07) is 20.1. The molecule has 0 saturated carbocycles. The number of amides is 3. The van der Waals surface area contributed by atoms with Crippen LogP contribution in [0.3, 0.4) is 0 Å². The molecule has 0 aliphatic carbocycles. The molecule has 9 nitrogen and oxygen atoms in total. The van der Waals surface area contributed by atoms with Crippen molar-refractivity contribution in [1.29, 1.82) is 0 Å². The summed E-state index contributed by atoms with van der Waals surface area (Å²) in [5.41, 5.74) is 8.68. The van der Waals surface area contributed by atoms with Gasteiger partial charge in [-0.3, -0.25) is 14.9 Å². The molecule has 3 amide bonds. The Morgan fingerprint density at radius 3 is 2.81 bits per heavy atom. The maximum Gasteiger partial charge on any atom is 0.412 e. The second-order valence-electron chi connectivity index (χ2n) is 11.2. The van der Waals surface area contributed by atoms with Crippen LogP contribution in [-0.4, -0.2) is 58.4 Å². The van der Waals surface area contributed by atoms with Crippen LogP contribution in [0.25, 0.3) is 10.2 Å². The lowest BCUT2D eigenvalue weighted by Gasteiger charge is -2.36. The zero-order valence-corrected chi connectivity index (χ0v) is 24.2. The Bertz CT molecular complexity index is 1730. The molecule has 7 rings (SSSR count). The predicted molar refractivity (Wildman–Crippen MR) is 162 cm³/mol. The van der Waals surface area contributed by atoms with Gasteiger partial charge in [0, 0.05) is 35.7 Å². The number of likely N-dealkylation sites (tertiary alicyclic amines) is 2. The van der Waals surface area contributed by atoms with E-state index in [4.69, 9.17) is 22.1 Å². The largest absolute Gasteiger partial charge is 0.436 e. The number of hydrogen-bond donors (Lipinski definition) is 2. The Labute approximate surface area is 251 Å². The molecule has 214 valence electrons. The molecule has 1 spiro atoms. The highest BCUT2D eigenvalue weighted by Gasteiger charge is 2.51. The fraction of sp³-hybridized carbons (Fsp3) is 0.290. The predicted octanol–water partition coefficient (Wildman–Crippen LogP) is 5.30. The zero-order chi connectivity index (χ0) is 29.0. The number of carbonyl (C=O) groups excluding carboxylic acids is 3. The Hall–Kier alpha value is -4.15. The third-order valence-corrected chi connectivity index (χ3v) is 9.58. The van der Waals surface area contributed by atoms with Crippen LogP contribution in [0.2, 0.25) is 5.02 Å². The van der Waals surface area contributed by atoms with E-state index in [1.807, 2.05) is 18.2 Å². The van der Waals surface area contributed by atoms with Crippen LogP contribution in [0.5, 0.6) is 0 Å². The van der Waals surface area contributed by atoms with Gasteiger partial charge in [-0.1, -0.05) is 53.3 Å². The Morgan fingerprint density at radius 1 is 1.14 bits per heavy atom. The molecule has 1 aromatic heterocycles. The van der Waals surface area contributed by atoms with Crippen molar-refractivity contribution in [3.05, 3.63) is 88.4 Å². The first-order valence-corrected chi connectivity index (χ1v) is 15.1. The number of hydrogen-bond acceptors (Lipinski definition) is 7. The van der Waals surface area contributed by atoms with Gasteiger partial charge < -0.3 is 20.3 Å². The molecule has 3 atom stereocenters. The van der Waals surface area contributed by atoms with E-state index in [9.17, 15) is 14.4 Å². The zero-order valence-electron chi connectivity index (χ0n) is 22.6. The highest BCUT2D eigenvalue weighted by molar-refractivity contribution is 7.22. The van der Waals surface area contributed by atoms with Gasteiger partial charge in [0.15, 0.2) is 10.7 Å². The number of nitrogen functional groups attached to an aromatic ring is 1. The van der Waals surface area contributed by atoms with Gasteiger partial charge in [0.05, 0.1) is 22.4 Å². The number of carbonyl (C=O) groups is 3. The molecule has 4 heterocycles. The van der Waals surface area contributed by atoms with Gasteiger partial charge in [-0.05, 0) is 60.7 Å². The molecular formula is C31H28ClN5O4S. The van der Waals surface area contributed by atoms with Crippen LogP contribution < -0.4 is 11.1 Å². The van der Waals surface area contributed by atoms with Crippen molar-refractivity contribution >= 4 is 61.9 Å². The van der Waals surface area contributed by atoms with Crippen LogP contribution in [0.4, 0.5) is 15.6 Å². The third-order valence-electron chi connectivity index (χ3n) is 8.49. The maximum atomic E-state index is 14.2. The topological polar surface area (TPSA) is 118 Å². The highest BCUT2D eigenvalue weighted by atomic mass is 35.5. The van der Waals surface area contributed by atoms with Crippen molar-refractivity contribution in [2.24, 2.45) is 5.92 Å². The van der Waals surface area contributed by atoms with E-state index in [1.165, 1.54) is 16.9 Å². The summed E-state index contributed by atoms with van der Waals surface area (Å²) in [5.74, 6) is -0.227. The van der Waals surface area contributed by atoms with E-state index in [1.54, 1.807) is 46.2 Å². The van der Waals surface area contributed by atoms with Gasteiger partial charge in [0.2, 0.25) is 5.91 Å². The van der Waals surface area contributed by atoms with Crippen molar-refractivity contribution in [3.8, 4) is 0 Å². The number of nitrogens with zero attached hydrogens (tertiary/aromatic N) is 3. The van der Waals surface area contributed by atoms with Gasteiger partial charge in [0.25, 0.3) is 5.91 Å². The van der Waals surface area contributed by atoms with E-state index < -0.39 is 17.7 Å². The molecule has 3 aliphatic heterocycles. The monoisotopic (exact) mass is 601 g/mol. The lowest BCUT2D eigenvalue weighted by atomic mass is 9.90. The summed E-state index contributed by atoms with van der Waals surface area (Å²) >= 11 is 7.64.